The van der Waals surface area contributed by atoms with Crippen molar-refractivity contribution >= 4 is 11.3 Å². The van der Waals surface area contributed by atoms with Crippen LogP contribution in [0.2, 0.25) is 0 Å². The van der Waals surface area contributed by atoms with Crippen molar-refractivity contribution in [3.8, 4) is 0 Å². The fourth-order valence-corrected chi connectivity index (χ4v) is 11.8. The first-order valence-electron chi connectivity index (χ1n) is 21.8. The number of hydrogen-bond acceptors (Lipinski definition) is 2. The molecule has 2 aliphatic heterocycles. The summed E-state index contributed by atoms with van der Waals surface area (Å²) in [4.78, 5) is 5.60. The average Bonchev–Trinajstić information content (AvgIpc) is 3.79. The number of hydrogen-bond donors (Lipinski definition) is 0. The normalized spacial score (nSPS) is 31.4. The van der Waals surface area contributed by atoms with Gasteiger partial charge in [0.05, 0.1) is 12.1 Å². The minimum atomic E-state index is 0.309. The molecule has 2 nitrogen and oxygen atoms in total. The third-order valence-corrected chi connectivity index (χ3v) is 14.6. The third kappa shape index (κ3) is 5.99. The molecule has 0 saturated carbocycles. The Balaban J connectivity index is 0.919. The van der Waals surface area contributed by atoms with Gasteiger partial charge in [-0.1, -0.05) is 146 Å². The fourth-order valence-electron chi connectivity index (χ4n) is 11.8. The van der Waals surface area contributed by atoms with E-state index in [2.05, 4.69) is 168 Å². The van der Waals surface area contributed by atoms with Crippen LogP contribution >= 0.6 is 0 Å². The van der Waals surface area contributed by atoms with E-state index in [4.69, 9.17) is 0 Å². The molecule has 8 atom stereocenters. The molecule has 280 valence electrons. The molecule has 2 heteroatoms. The molecular weight excluding hydrogens is 677 g/mol. The van der Waals surface area contributed by atoms with Gasteiger partial charge in [0.15, 0.2) is 0 Å². The fraction of sp³-hybridized carbons (Fsp3) is 0.333. The van der Waals surface area contributed by atoms with Crippen LogP contribution in [0.5, 0.6) is 0 Å². The predicted molar refractivity (Wildman–Crippen MR) is 233 cm³/mol. The minimum Gasteiger partial charge on any atom is -0.342 e. The summed E-state index contributed by atoms with van der Waals surface area (Å²) in [5, 5.41) is 0. The third-order valence-electron chi connectivity index (χ3n) is 14.6. The molecule has 0 radical (unpaired) electrons. The summed E-state index contributed by atoms with van der Waals surface area (Å²) in [5.74, 6) is 3.06. The van der Waals surface area contributed by atoms with E-state index in [0.717, 1.165) is 19.3 Å². The summed E-state index contributed by atoms with van der Waals surface area (Å²) in [6, 6.07) is 30.7. The lowest BCUT2D eigenvalue weighted by Crippen LogP contribution is -2.35. The molecule has 3 aromatic rings. The van der Waals surface area contributed by atoms with E-state index in [1.54, 1.807) is 17.0 Å². The molecule has 8 unspecified atom stereocenters. The monoisotopic (exact) mass is 730 g/mol. The SMILES string of the molecule is C1=CCC(C2C=C(c3ccccc3)C=C(N3c4cc(C5C=CC6C(C5)C5=C(CCCC5)N6C5=CCC(c6ccccc6)CC5)ccc4C4C=CC=CC43)C2)C=C1. The first kappa shape index (κ1) is 34.2. The maximum Gasteiger partial charge on any atom is 0.0626 e. The van der Waals surface area contributed by atoms with Gasteiger partial charge in [-0.3, -0.25) is 0 Å². The van der Waals surface area contributed by atoms with Crippen LogP contribution in [0, 0.1) is 17.8 Å². The van der Waals surface area contributed by atoms with E-state index in [0.29, 0.717) is 47.6 Å². The maximum absolute atomic E-state index is 2.85. The quantitative estimate of drug-likeness (QED) is 0.233. The van der Waals surface area contributed by atoms with Gasteiger partial charge in [-0.25, -0.2) is 0 Å². The molecule has 2 heterocycles. The van der Waals surface area contributed by atoms with Gasteiger partial charge < -0.3 is 9.80 Å². The molecule has 0 saturated heterocycles. The summed E-state index contributed by atoms with van der Waals surface area (Å²) in [7, 11) is 0. The van der Waals surface area contributed by atoms with Crippen LogP contribution in [0.25, 0.3) is 5.57 Å². The Labute approximate surface area is 334 Å². The zero-order valence-electron chi connectivity index (χ0n) is 32.6. The molecule has 0 aromatic heterocycles. The van der Waals surface area contributed by atoms with Crippen molar-refractivity contribution in [3.63, 3.8) is 0 Å². The van der Waals surface area contributed by atoms with Gasteiger partial charge in [-0.05, 0) is 128 Å². The molecule has 3 aromatic carbocycles. The van der Waals surface area contributed by atoms with Gasteiger partial charge in [0.25, 0.3) is 0 Å². The number of nitrogens with zero attached hydrogens (tertiary/aromatic N) is 2. The summed E-state index contributed by atoms with van der Waals surface area (Å²) >= 11 is 0. The number of anilines is 1. The molecule has 8 aliphatic rings. The topological polar surface area (TPSA) is 6.48 Å². The lowest BCUT2D eigenvalue weighted by Gasteiger charge is -2.38. The van der Waals surface area contributed by atoms with Crippen LogP contribution in [0.3, 0.4) is 0 Å². The van der Waals surface area contributed by atoms with E-state index >= 15 is 0 Å². The minimum absolute atomic E-state index is 0.309. The van der Waals surface area contributed by atoms with Gasteiger partial charge >= 0.3 is 0 Å². The van der Waals surface area contributed by atoms with Crippen LogP contribution in [-0.2, 0) is 0 Å². The largest absolute Gasteiger partial charge is 0.342 e. The van der Waals surface area contributed by atoms with Crippen LogP contribution in [0.1, 0.15) is 104 Å². The van der Waals surface area contributed by atoms with Crippen molar-refractivity contribution in [2.75, 3.05) is 4.90 Å². The first-order chi connectivity index (χ1) is 27.8. The standard InChI is InChI=1S/C54H54N2/c1-4-14-37(15-5-1)40-24-28-45(29-25-40)55-52-23-13-11-21-48(52)50-35-41(27-31-53(50)55)42-26-30-49-47-20-10-12-22-51(47)56(54(49)36-42)46-33-43(38-16-6-2-7-17-38)32-44(34-46)39-18-8-3-9-19-39/h1-10,12,14-18,20,22,26-28,30-33,36,39-41,44,47,50-51,53H,11,13,19,21,23-25,29,34-35H2. The molecule has 0 amide bonds. The highest BCUT2D eigenvalue weighted by Crippen LogP contribution is 2.54. The Morgan fingerprint density at radius 3 is 2.30 bits per heavy atom. The number of allylic oxidation sites excluding steroid dienone is 14. The van der Waals surface area contributed by atoms with Crippen molar-refractivity contribution in [1.29, 1.82) is 0 Å². The molecular formula is C54H54N2. The lowest BCUT2D eigenvalue weighted by molar-refractivity contribution is 0.292. The van der Waals surface area contributed by atoms with Gasteiger partial charge in [-0.2, -0.15) is 0 Å². The van der Waals surface area contributed by atoms with Crippen molar-refractivity contribution < 1.29 is 0 Å². The van der Waals surface area contributed by atoms with Crippen LogP contribution in [-0.4, -0.2) is 17.0 Å². The Kier molecular flexibility index (Phi) is 8.82. The van der Waals surface area contributed by atoms with Crippen molar-refractivity contribution in [3.05, 3.63) is 203 Å². The number of fused-ring (bicyclic) bond motifs is 5. The van der Waals surface area contributed by atoms with E-state index < -0.39 is 0 Å². The molecule has 56 heavy (non-hydrogen) atoms. The van der Waals surface area contributed by atoms with Crippen molar-refractivity contribution in [1.82, 2.24) is 4.90 Å². The van der Waals surface area contributed by atoms with Crippen LogP contribution in [0.15, 0.2) is 181 Å². The molecule has 0 N–H and O–H groups in total. The molecule has 11 rings (SSSR count). The summed E-state index contributed by atoms with van der Waals surface area (Å²) in [5.41, 5.74) is 15.1. The van der Waals surface area contributed by atoms with E-state index in [9.17, 15) is 0 Å². The predicted octanol–water partition coefficient (Wildman–Crippen LogP) is 13.2. The van der Waals surface area contributed by atoms with Crippen LogP contribution in [0.4, 0.5) is 5.69 Å². The second kappa shape index (κ2) is 14.5. The van der Waals surface area contributed by atoms with E-state index in [1.165, 1.54) is 84.2 Å². The smallest absolute Gasteiger partial charge is 0.0626 e. The average molecular weight is 731 g/mol. The second-order valence-electron chi connectivity index (χ2n) is 17.6. The summed E-state index contributed by atoms with van der Waals surface area (Å²) in [6.45, 7) is 0. The molecule has 0 fully saturated rings. The Morgan fingerprint density at radius 1 is 0.625 bits per heavy atom. The van der Waals surface area contributed by atoms with Crippen molar-refractivity contribution in [2.24, 2.45) is 17.8 Å². The highest BCUT2D eigenvalue weighted by atomic mass is 15.2. The van der Waals surface area contributed by atoms with E-state index in [-0.39, 0.29) is 0 Å². The number of benzene rings is 3. The van der Waals surface area contributed by atoms with E-state index in [1.807, 2.05) is 0 Å². The Hall–Kier alpha value is -5.08. The molecule has 0 bridgehead atoms. The van der Waals surface area contributed by atoms with Gasteiger partial charge in [0.2, 0.25) is 0 Å². The summed E-state index contributed by atoms with van der Waals surface area (Å²) in [6.07, 6.45) is 43.9. The first-order valence-corrected chi connectivity index (χ1v) is 21.8. The Morgan fingerprint density at radius 2 is 1.46 bits per heavy atom. The summed E-state index contributed by atoms with van der Waals surface area (Å²) < 4.78 is 0. The van der Waals surface area contributed by atoms with Crippen LogP contribution < -0.4 is 4.90 Å². The lowest BCUT2D eigenvalue weighted by atomic mass is 9.75. The number of rotatable bonds is 6. The zero-order valence-corrected chi connectivity index (χ0v) is 32.6. The zero-order chi connectivity index (χ0) is 37.0. The van der Waals surface area contributed by atoms with Gasteiger partial charge in [-0.15, -0.1) is 0 Å². The van der Waals surface area contributed by atoms with Gasteiger partial charge in [0, 0.05) is 40.5 Å². The highest BCUT2D eigenvalue weighted by Gasteiger charge is 2.45. The Bertz CT molecular complexity index is 2270. The van der Waals surface area contributed by atoms with Gasteiger partial charge in [0.1, 0.15) is 0 Å². The molecule has 6 aliphatic carbocycles. The molecule has 0 spiro atoms. The van der Waals surface area contributed by atoms with Crippen molar-refractivity contribution in [2.45, 2.75) is 94.0 Å². The maximum atomic E-state index is 2.85. The second-order valence-corrected chi connectivity index (χ2v) is 17.6. The highest BCUT2D eigenvalue weighted by molar-refractivity contribution is 5.79.